The van der Waals surface area contributed by atoms with E-state index in [0.29, 0.717) is 37.4 Å². The quantitative estimate of drug-likeness (QED) is 0.714. The van der Waals surface area contributed by atoms with Crippen molar-refractivity contribution in [2.24, 2.45) is 5.41 Å². The monoisotopic (exact) mass is 336 g/mol. The number of ether oxygens (including phenoxy) is 2. The molecule has 0 aromatic heterocycles. The van der Waals surface area contributed by atoms with Crippen molar-refractivity contribution in [2.75, 3.05) is 20.8 Å². The third-order valence-electron chi connectivity index (χ3n) is 3.52. The summed E-state index contributed by atoms with van der Waals surface area (Å²) in [7, 11) is 3.17. The molecule has 0 spiro atoms. The predicted molar refractivity (Wildman–Crippen MR) is 93.1 cm³/mol. The van der Waals surface area contributed by atoms with Crippen molar-refractivity contribution < 1.29 is 19.1 Å². The molecule has 1 aromatic carbocycles. The van der Waals surface area contributed by atoms with Gasteiger partial charge < -0.3 is 20.1 Å². The van der Waals surface area contributed by atoms with Gasteiger partial charge in [0.1, 0.15) is 11.5 Å². The summed E-state index contributed by atoms with van der Waals surface area (Å²) < 4.78 is 10.4. The van der Waals surface area contributed by atoms with E-state index in [1.165, 1.54) is 0 Å². The lowest BCUT2D eigenvalue weighted by Crippen LogP contribution is -2.35. The normalized spacial score (nSPS) is 10.9. The van der Waals surface area contributed by atoms with Gasteiger partial charge in [-0.2, -0.15) is 0 Å². The van der Waals surface area contributed by atoms with Crippen LogP contribution in [0, 0.1) is 5.41 Å². The zero-order valence-corrected chi connectivity index (χ0v) is 15.2. The molecular weight excluding hydrogens is 308 g/mol. The smallest absolute Gasteiger partial charge is 0.225 e. The molecule has 0 aliphatic rings. The van der Waals surface area contributed by atoms with Crippen LogP contribution in [-0.2, 0) is 16.1 Å². The Balaban J connectivity index is 2.35. The Kier molecular flexibility index (Phi) is 7.55. The van der Waals surface area contributed by atoms with Gasteiger partial charge >= 0.3 is 0 Å². The Hall–Kier alpha value is -2.24. The van der Waals surface area contributed by atoms with Crippen molar-refractivity contribution in [3.05, 3.63) is 23.8 Å². The van der Waals surface area contributed by atoms with Crippen molar-refractivity contribution in [3.8, 4) is 11.5 Å². The molecule has 2 amide bonds. The highest BCUT2D eigenvalue weighted by Crippen LogP contribution is 2.24. The van der Waals surface area contributed by atoms with E-state index in [9.17, 15) is 9.59 Å². The van der Waals surface area contributed by atoms with Gasteiger partial charge in [0, 0.05) is 36.6 Å². The maximum Gasteiger partial charge on any atom is 0.225 e. The molecule has 0 bridgehead atoms. The maximum absolute atomic E-state index is 11.9. The average Bonchev–Trinajstić information content (AvgIpc) is 2.55. The Morgan fingerprint density at radius 2 is 1.79 bits per heavy atom. The molecular formula is C18H28N2O4. The molecule has 0 fully saturated rings. The van der Waals surface area contributed by atoms with Gasteiger partial charge in [-0.05, 0) is 18.6 Å². The second kappa shape index (κ2) is 9.15. The lowest BCUT2D eigenvalue weighted by molar-refractivity contribution is -0.128. The molecule has 24 heavy (non-hydrogen) atoms. The molecule has 6 nitrogen and oxygen atoms in total. The van der Waals surface area contributed by atoms with Crippen LogP contribution in [-0.4, -0.2) is 32.6 Å². The number of carbonyl (C=O) groups excluding carboxylic acids is 2. The maximum atomic E-state index is 11.9. The summed E-state index contributed by atoms with van der Waals surface area (Å²) in [5.41, 5.74) is 0.473. The van der Waals surface area contributed by atoms with Gasteiger partial charge in [0.15, 0.2) is 0 Å². The zero-order valence-electron chi connectivity index (χ0n) is 15.2. The molecule has 0 heterocycles. The lowest BCUT2D eigenvalue weighted by Gasteiger charge is -2.17. The van der Waals surface area contributed by atoms with E-state index in [-0.39, 0.29) is 11.8 Å². The molecule has 0 aliphatic carbocycles. The van der Waals surface area contributed by atoms with Crippen molar-refractivity contribution >= 4 is 11.8 Å². The zero-order chi connectivity index (χ0) is 18.2. The number of benzene rings is 1. The highest BCUT2D eigenvalue weighted by Gasteiger charge is 2.20. The molecule has 0 radical (unpaired) electrons. The summed E-state index contributed by atoms with van der Waals surface area (Å²) in [5.74, 6) is 1.31. The molecule has 0 saturated carbocycles. The first-order valence-corrected chi connectivity index (χ1v) is 8.04. The average molecular weight is 336 g/mol. The minimum Gasteiger partial charge on any atom is -0.497 e. The molecule has 134 valence electrons. The second-order valence-electron chi connectivity index (χ2n) is 6.56. The number of methoxy groups -OCH3 is 2. The molecule has 0 atom stereocenters. The minimum absolute atomic E-state index is 0.00845. The van der Waals surface area contributed by atoms with Crippen molar-refractivity contribution in [1.29, 1.82) is 0 Å². The Morgan fingerprint density at radius 3 is 2.38 bits per heavy atom. The van der Waals surface area contributed by atoms with E-state index < -0.39 is 5.41 Å². The number of nitrogens with one attached hydrogen (secondary N) is 2. The summed E-state index contributed by atoms with van der Waals surface area (Å²) in [6.45, 7) is 6.46. The SMILES string of the molecule is COc1ccc(CNC(=O)CCCNC(=O)C(C)(C)C)c(OC)c1. The second-order valence-corrected chi connectivity index (χ2v) is 6.56. The fraction of sp³-hybridized carbons (Fsp3) is 0.556. The fourth-order valence-corrected chi connectivity index (χ4v) is 2.00. The molecule has 1 aromatic rings. The lowest BCUT2D eigenvalue weighted by atomic mass is 9.96. The summed E-state index contributed by atoms with van der Waals surface area (Å²) in [5, 5.41) is 5.69. The minimum atomic E-state index is -0.410. The number of hydrogen-bond donors (Lipinski definition) is 2. The number of hydrogen-bond acceptors (Lipinski definition) is 4. The first-order chi connectivity index (χ1) is 11.3. The molecule has 0 aliphatic heterocycles. The molecule has 0 unspecified atom stereocenters. The van der Waals surface area contributed by atoms with Crippen LogP contribution in [0.25, 0.3) is 0 Å². The van der Waals surface area contributed by atoms with Crippen molar-refractivity contribution in [1.82, 2.24) is 10.6 Å². The van der Waals surface area contributed by atoms with Crippen molar-refractivity contribution in [3.63, 3.8) is 0 Å². The summed E-state index contributed by atoms with van der Waals surface area (Å²) in [6.07, 6.45) is 0.969. The topological polar surface area (TPSA) is 76.7 Å². The molecule has 0 saturated heterocycles. The Bertz CT molecular complexity index is 565. The van der Waals surface area contributed by atoms with Crippen LogP contribution in [0.3, 0.4) is 0 Å². The van der Waals surface area contributed by atoms with Gasteiger partial charge in [0.05, 0.1) is 14.2 Å². The van der Waals surface area contributed by atoms with Crippen LogP contribution >= 0.6 is 0 Å². The van der Waals surface area contributed by atoms with Crippen LogP contribution in [0.5, 0.6) is 11.5 Å². The summed E-state index contributed by atoms with van der Waals surface area (Å²) in [6, 6.07) is 5.47. The third kappa shape index (κ3) is 6.48. The first-order valence-electron chi connectivity index (χ1n) is 8.04. The van der Waals surface area contributed by atoms with E-state index >= 15 is 0 Å². The fourth-order valence-electron chi connectivity index (χ4n) is 2.00. The molecule has 1 rings (SSSR count). The number of carbonyl (C=O) groups is 2. The Morgan fingerprint density at radius 1 is 1.08 bits per heavy atom. The van der Waals surface area contributed by atoms with Gasteiger partial charge in [-0.15, -0.1) is 0 Å². The van der Waals surface area contributed by atoms with Crippen LogP contribution < -0.4 is 20.1 Å². The van der Waals surface area contributed by atoms with Gasteiger partial charge in [-0.1, -0.05) is 20.8 Å². The highest BCUT2D eigenvalue weighted by molar-refractivity contribution is 5.81. The van der Waals surface area contributed by atoms with E-state index in [1.807, 2.05) is 32.9 Å². The van der Waals surface area contributed by atoms with E-state index in [1.54, 1.807) is 20.3 Å². The summed E-state index contributed by atoms with van der Waals surface area (Å²) in [4.78, 5) is 23.6. The van der Waals surface area contributed by atoms with Crippen LogP contribution in [0.4, 0.5) is 0 Å². The van der Waals surface area contributed by atoms with Crippen LogP contribution in [0.2, 0.25) is 0 Å². The molecule has 6 heteroatoms. The van der Waals surface area contributed by atoms with E-state index in [2.05, 4.69) is 10.6 Å². The van der Waals surface area contributed by atoms with Gasteiger partial charge in [-0.3, -0.25) is 9.59 Å². The van der Waals surface area contributed by atoms with Crippen molar-refractivity contribution in [2.45, 2.75) is 40.2 Å². The Labute approximate surface area is 143 Å². The van der Waals surface area contributed by atoms with Gasteiger partial charge in [-0.25, -0.2) is 0 Å². The predicted octanol–water partition coefficient (Wildman–Crippen LogP) is 2.26. The van der Waals surface area contributed by atoms with Gasteiger partial charge in [0.2, 0.25) is 11.8 Å². The number of amides is 2. The largest absolute Gasteiger partial charge is 0.497 e. The number of rotatable bonds is 8. The highest BCUT2D eigenvalue weighted by atomic mass is 16.5. The summed E-state index contributed by atoms with van der Waals surface area (Å²) >= 11 is 0. The van der Waals surface area contributed by atoms with E-state index in [0.717, 1.165) is 5.56 Å². The van der Waals surface area contributed by atoms with Gasteiger partial charge in [0.25, 0.3) is 0 Å². The standard InChI is InChI=1S/C18H28N2O4/c1-18(2,3)17(22)19-10-6-7-16(21)20-12-13-8-9-14(23-4)11-15(13)24-5/h8-9,11H,6-7,10,12H2,1-5H3,(H,19,22)(H,20,21). The van der Waals surface area contributed by atoms with Crippen LogP contribution in [0.15, 0.2) is 18.2 Å². The molecule has 2 N–H and O–H groups in total. The third-order valence-corrected chi connectivity index (χ3v) is 3.52. The van der Waals surface area contributed by atoms with E-state index in [4.69, 9.17) is 9.47 Å². The van der Waals surface area contributed by atoms with Crippen LogP contribution in [0.1, 0.15) is 39.2 Å². The first kappa shape index (κ1) is 19.8.